The van der Waals surface area contributed by atoms with Crippen LogP contribution in [0.4, 0.5) is 36.3 Å². The first kappa shape index (κ1) is 16.3. The van der Waals surface area contributed by atoms with Crippen molar-refractivity contribution in [2.45, 2.75) is 0 Å². The Morgan fingerprint density at radius 1 is 0.833 bits per heavy atom. The lowest BCUT2D eigenvalue weighted by Gasteiger charge is -2.10. The van der Waals surface area contributed by atoms with Gasteiger partial charge in [0.2, 0.25) is 5.95 Å². The first-order valence-corrected chi connectivity index (χ1v) is 7.59. The molecule has 0 saturated heterocycles. The molecule has 0 radical (unpaired) electrons. The minimum atomic E-state index is -1.55. The molecule has 0 unspecified atom stereocenters. The van der Waals surface area contributed by atoms with Crippen LogP contribution < -0.4 is 10.6 Å². The summed E-state index contributed by atoms with van der Waals surface area (Å²) in [7, 11) is 0. The predicted octanol–water partition coefficient (Wildman–Crippen LogP) is 5.14. The molecule has 0 saturated carbocycles. The molecular weight excluding hydrogens is 385 g/mol. The maximum absolute atomic E-state index is 13.7. The van der Waals surface area contributed by atoms with E-state index in [0.717, 1.165) is 22.3 Å². The summed E-state index contributed by atoms with van der Waals surface area (Å²) >= 11 is 3.40. The van der Waals surface area contributed by atoms with Gasteiger partial charge in [0.1, 0.15) is 5.82 Å². The summed E-state index contributed by atoms with van der Waals surface area (Å²) in [6.07, 6.45) is 1.45. The quantitative estimate of drug-likeness (QED) is 0.601. The van der Waals surface area contributed by atoms with Crippen LogP contribution >= 0.6 is 15.9 Å². The SMILES string of the molecule is Fc1ccc(Nc2nccc(Nc3ccccc3Br)n2)c(F)c1F. The molecule has 1 aromatic heterocycles. The molecule has 2 N–H and O–H groups in total. The minimum Gasteiger partial charge on any atom is -0.339 e. The van der Waals surface area contributed by atoms with Crippen molar-refractivity contribution in [1.29, 1.82) is 0 Å². The van der Waals surface area contributed by atoms with E-state index in [4.69, 9.17) is 0 Å². The number of halogens is 4. The number of nitrogens with one attached hydrogen (secondary N) is 2. The third-order valence-electron chi connectivity index (χ3n) is 3.07. The van der Waals surface area contributed by atoms with Crippen molar-refractivity contribution in [3.8, 4) is 0 Å². The Labute approximate surface area is 143 Å². The lowest BCUT2D eigenvalue weighted by molar-refractivity contribution is 0.449. The van der Waals surface area contributed by atoms with Crippen LogP contribution in [0, 0.1) is 17.5 Å². The highest BCUT2D eigenvalue weighted by molar-refractivity contribution is 9.10. The van der Waals surface area contributed by atoms with E-state index in [1.807, 2.05) is 24.3 Å². The van der Waals surface area contributed by atoms with Gasteiger partial charge in [-0.2, -0.15) is 4.98 Å². The number of hydrogen-bond acceptors (Lipinski definition) is 4. The second-order valence-corrected chi connectivity index (χ2v) is 5.57. The maximum atomic E-state index is 13.7. The molecule has 122 valence electrons. The van der Waals surface area contributed by atoms with E-state index in [1.54, 1.807) is 6.07 Å². The molecule has 3 aromatic rings. The molecule has 0 atom stereocenters. The van der Waals surface area contributed by atoms with Crippen LogP contribution in [0.2, 0.25) is 0 Å². The predicted molar refractivity (Wildman–Crippen MR) is 89.1 cm³/mol. The Hall–Kier alpha value is -2.61. The van der Waals surface area contributed by atoms with Crippen molar-refractivity contribution in [3.05, 3.63) is 70.6 Å². The lowest BCUT2D eigenvalue weighted by atomic mass is 10.3. The zero-order valence-corrected chi connectivity index (χ0v) is 13.6. The summed E-state index contributed by atoms with van der Waals surface area (Å²) < 4.78 is 40.7. The molecule has 0 bridgehead atoms. The smallest absolute Gasteiger partial charge is 0.229 e. The van der Waals surface area contributed by atoms with Crippen LogP contribution in [-0.2, 0) is 0 Å². The molecule has 1 heterocycles. The molecule has 0 amide bonds. The minimum absolute atomic E-state index is 0.0389. The molecule has 8 heteroatoms. The number of para-hydroxylation sites is 1. The molecule has 2 aromatic carbocycles. The second-order valence-electron chi connectivity index (χ2n) is 4.72. The Morgan fingerprint density at radius 2 is 1.62 bits per heavy atom. The van der Waals surface area contributed by atoms with Crippen LogP contribution in [0.15, 0.2) is 53.1 Å². The van der Waals surface area contributed by atoms with Crippen LogP contribution in [0.25, 0.3) is 0 Å². The summed E-state index contributed by atoms with van der Waals surface area (Å²) in [4.78, 5) is 8.10. The molecule has 24 heavy (non-hydrogen) atoms. The van der Waals surface area contributed by atoms with E-state index in [0.29, 0.717) is 5.82 Å². The van der Waals surface area contributed by atoms with Gasteiger partial charge < -0.3 is 10.6 Å². The number of nitrogens with zero attached hydrogens (tertiary/aromatic N) is 2. The topological polar surface area (TPSA) is 49.8 Å². The summed E-state index contributed by atoms with van der Waals surface area (Å²) in [5.74, 6) is -3.66. The molecule has 0 fully saturated rings. The summed E-state index contributed by atoms with van der Waals surface area (Å²) in [5, 5.41) is 5.59. The molecular formula is C16H10BrF3N4. The standard InChI is InChI=1S/C16H10BrF3N4/c17-9-3-1-2-4-11(9)22-13-7-8-21-16(24-13)23-12-6-5-10(18)14(19)15(12)20/h1-8H,(H2,21,22,23,24). The first-order chi connectivity index (χ1) is 11.5. The van der Waals surface area contributed by atoms with Crippen molar-refractivity contribution in [2.24, 2.45) is 0 Å². The van der Waals surface area contributed by atoms with Crippen molar-refractivity contribution in [2.75, 3.05) is 10.6 Å². The fraction of sp³-hybridized carbons (Fsp3) is 0. The van der Waals surface area contributed by atoms with Gasteiger partial charge in [0.15, 0.2) is 17.5 Å². The normalized spacial score (nSPS) is 10.5. The van der Waals surface area contributed by atoms with Crippen LogP contribution in [-0.4, -0.2) is 9.97 Å². The summed E-state index contributed by atoms with van der Waals surface area (Å²) in [6, 6.07) is 10.9. The number of aromatic nitrogens is 2. The Bertz CT molecular complexity index is 889. The summed E-state index contributed by atoms with van der Waals surface area (Å²) in [6.45, 7) is 0. The Morgan fingerprint density at radius 3 is 2.42 bits per heavy atom. The number of anilines is 4. The Kier molecular flexibility index (Phi) is 4.66. The van der Waals surface area contributed by atoms with Crippen LogP contribution in [0.1, 0.15) is 0 Å². The third kappa shape index (κ3) is 3.48. The molecule has 0 spiro atoms. The van der Waals surface area contributed by atoms with E-state index in [-0.39, 0.29) is 11.6 Å². The van der Waals surface area contributed by atoms with Gasteiger partial charge in [-0.3, -0.25) is 0 Å². The summed E-state index contributed by atoms with van der Waals surface area (Å²) in [5.41, 5.74) is 0.521. The van der Waals surface area contributed by atoms with Crippen molar-refractivity contribution in [1.82, 2.24) is 9.97 Å². The zero-order chi connectivity index (χ0) is 17.1. The van der Waals surface area contributed by atoms with Crippen molar-refractivity contribution in [3.63, 3.8) is 0 Å². The highest BCUT2D eigenvalue weighted by atomic mass is 79.9. The third-order valence-corrected chi connectivity index (χ3v) is 3.77. The van der Waals surface area contributed by atoms with E-state index >= 15 is 0 Å². The van der Waals surface area contributed by atoms with Gasteiger partial charge in [-0.15, -0.1) is 0 Å². The zero-order valence-electron chi connectivity index (χ0n) is 12.0. The largest absolute Gasteiger partial charge is 0.339 e. The van der Waals surface area contributed by atoms with Gasteiger partial charge in [-0.05, 0) is 46.3 Å². The van der Waals surface area contributed by atoms with Gasteiger partial charge >= 0.3 is 0 Å². The van der Waals surface area contributed by atoms with Crippen LogP contribution in [0.5, 0.6) is 0 Å². The van der Waals surface area contributed by atoms with Crippen molar-refractivity contribution < 1.29 is 13.2 Å². The Balaban J connectivity index is 1.84. The fourth-order valence-corrected chi connectivity index (χ4v) is 2.32. The fourth-order valence-electron chi connectivity index (χ4n) is 1.93. The van der Waals surface area contributed by atoms with Gasteiger partial charge in [0.05, 0.1) is 11.4 Å². The van der Waals surface area contributed by atoms with E-state index in [9.17, 15) is 13.2 Å². The highest BCUT2D eigenvalue weighted by Gasteiger charge is 2.14. The molecule has 0 aliphatic heterocycles. The molecule has 0 aliphatic rings. The monoisotopic (exact) mass is 394 g/mol. The van der Waals surface area contributed by atoms with Gasteiger partial charge in [-0.25, -0.2) is 18.2 Å². The second kappa shape index (κ2) is 6.88. The van der Waals surface area contributed by atoms with E-state index in [1.165, 1.54) is 6.20 Å². The molecule has 3 rings (SSSR count). The van der Waals surface area contributed by atoms with Crippen LogP contribution in [0.3, 0.4) is 0 Å². The maximum Gasteiger partial charge on any atom is 0.229 e. The molecule has 4 nitrogen and oxygen atoms in total. The highest BCUT2D eigenvalue weighted by Crippen LogP contribution is 2.26. The average molecular weight is 395 g/mol. The van der Waals surface area contributed by atoms with Gasteiger partial charge in [-0.1, -0.05) is 12.1 Å². The number of rotatable bonds is 4. The van der Waals surface area contributed by atoms with E-state index < -0.39 is 17.5 Å². The first-order valence-electron chi connectivity index (χ1n) is 6.79. The molecule has 0 aliphatic carbocycles. The lowest BCUT2D eigenvalue weighted by Crippen LogP contribution is -2.03. The number of hydrogen-bond donors (Lipinski definition) is 2. The van der Waals surface area contributed by atoms with Gasteiger partial charge in [0, 0.05) is 10.7 Å². The van der Waals surface area contributed by atoms with E-state index in [2.05, 4.69) is 36.5 Å². The number of benzene rings is 2. The average Bonchev–Trinajstić information content (AvgIpc) is 2.58. The van der Waals surface area contributed by atoms with Gasteiger partial charge in [0.25, 0.3) is 0 Å². The van der Waals surface area contributed by atoms with Crippen molar-refractivity contribution >= 4 is 39.1 Å².